The quantitative estimate of drug-likeness (QED) is 0.162. The largest absolute Gasteiger partial charge is 0.497 e. The Balaban J connectivity index is 0.00000363. The van der Waals surface area contributed by atoms with Crippen LogP contribution in [0.2, 0.25) is 0 Å². The molecule has 3 aromatic rings. The zero-order valence-electron chi connectivity index (χ0n) is 18.0. The van der Waals surface area contributed by atoms with Crippen LogP contribution in [0.25, 0.3) is 0 Å². The molecule has 0 fully saturated rings. The summed E-state index contributed by atoms with van der Waals surface area (Å²) < 4.78 is 15.9. The Hall–Kier alpha value is -3.21. The molecule has 0 atom stereocenters. The number of hydrogen-bond donors (Lipinski definition) is 3. The van der Waals surface area contributed by atoms with E-state index >= 15 is 0 Å². The Morgan fingerprint density at radius 2 is 1.72 bits per heavy atom. The van der Waals surface area contributed by atoms with Crippen molar-refractivity contribution >= 4 is 41.5 Å². The van der Waals surface area contributed by atoms with Gasteiger partial charge in [0.1, 0.15) is 18.1 Å². The fourth-order valence-electron chi connectivity index (χ4n) is 2.72. The maximum absolute atomic E-state index is 12.0. The lowest BCUT2D eigenvalue weighted by Crippen LogP contribution is -2.38. The number of guanidine groups is 1. The van der Waals surface area contributed by atoms with Gasteiger partial charge in [0.15, 0.2) is 11.7 Å². The summed E-state index contributed by atoms with van der Waals surface area (Å²) in [6, 6.07) is 18.3. The van der Waals surface area contributed by atoms with Crippen LogP contribution in [0.3, 0.4) is 0 Å². The number of methoxy groups -OCH3 is 1. The first-order valence-corrected chi connectivity index (χ1v) is 9.83. The molecule has 8 nitrogen and oxygen atoms in total. The van der Waals surface area contributed by atoms with Gasteiger partial charge in [-0.3, -0.25) is 9.79 Å². The molecular formula is C23H27IN4O4. The predicted molar refractivity (Wildman–Crippen MR) is 135 cm³/mol. The monoisotopic (exact) mass is 550 g/mol. The number of hydrogen-bond acceptors (Lipinski definition) is 5. The summed E-state index contributed by atoms with van der Waals surface area (Å²) in [4.78, 5) is 16.2. The first kappa shape index (κ1) is 25.1. The third kappa shape index (κ3) is 7.80. The average Bonchev–Trinajstić information content (AvgIpc) is 3.35. The van der Waals surface area contributed by atoms with Crippen LogP contribution in [0.1, 0.15) is 16.1 Å². The van der Waals surface area contributed by atoms with Crippen molar-refractivity contribution in [1.29, 1.82) is 0 Å². The van der Waals surface area contributed by atoms with E-state index < -0.39 is 0 Å². The molecular weight excluding hydrogens is 523 g/mol. The van der Waals surface area contributed by atoms with E-state index in [-0.39, 0.29) is 35.6 Å². The minimum absolute atomic E-state index is 0. The maximum Gasteiger partial charge on any atom is 0.291 e. The highest BCUT2D eigenvalue weighted by Gasteiger charge is 2.08. The lowest BCUT2D eigenvalue weighted by Gasteiger charge is -2.13. The summed E-state index contributed by atoms with van der Waals surface area (Å²) in [6.07, 6.45) is 1.47. The molecule has 2 aromatic carbocycles. The molecule has 32 heavy (non-hydrogen) atoms. The van der Waals surface area contributed by atoms with Crippen molar-refractivity contribution in [1.82, 2.24) is 10.6 Å². The van der Waals surface area contributed by atoms with Crippen LogP contribution in [-0.4, -0.2) is 39.2 Å². The fraction of sp³-hybridized carbons (Fsp3) is 0.217. The van der Waals surface area contributed by atoms with Crippen LogP contribution in [0.4, 0.5) is 5.69 Å². The van der Waals surface area contributed by atoms with E-state index in [1.165, 1.54) is 6.26 Å². The molecule has 0 unspecified atom stereocenters. The third-order valence-corrected chi connectivity index (χ3v) is 4.36. The number of aliphatic imine (C=N–C) groups is 1. The summed E-state index contributed by atoms with van der Waals surface area (Å²) >= 11 is 0. The summed E-state index contributed by atoms with van der Waals surface area (Å²) in [5.41, 5.74) is 1.75. The van der Waals surface area contributed by atoms with Gasteiger partial charge in [0, 0.05) is 19.3 Å². The molecule has 1 aromatic heterocycles. The summed E-state index contributed by atoms with van der Waals surface area (Å²) in [7, 11) is 3.35. The van der Waals surface area contributed by atoms with Gasteiger partial charge in [-0.05, 0) is 54.1 Å². The minimum Gasteiger partial charge on any atom is -0.497 e. The Morgan fingerprint density at radius 3 is 2.34 bits per heavy atom. The smallest absolute Gasteiger partial charge is 0.291 e. The van der Waals surface area contributed by atoms with E-state index in [0.717, 1.165) is 17.1 Å². The topological polar surface area (TPSA) is 97.1 Å². The molecule has 1 heterocycles. The molecule has 3 N–H and O–H groups in total. The van der Waals surface area contributed by atoms with Gasteiger partial charge in [-0.15, -0.1) is 24.0 Å². The number of carbonyl (C=O) groups excluding carboxylic acids is 1. The molecule has 170 valence electrons. The predicted octanol–water partition coefficient (Wildman–Crippen LogP) is 3.90. The van der Waals surface area contributed by atoms with Gasteiger partial charge in [-0.25, -0.2) is 0 Å². The van der Waals surface area contributed by atoms with Gasteiger partial charge in [0.05, 0.1) is 19.9 Å². The second-order valence-electron chi connectivity index (χ2n) is 6.50. The number of nitrogens with zero attached hydrogens (tertiary/aromatic N) is 1. The number of ether oxygens (including phenoxy) is 2. The second kappa shape index (κ2) is 13.3. The Morgan fingerprint density at radius 1 is 1.00 bits per heavy atom. The highest BCUT2D eigenvalue weighted by molar-refractivity contribution is 14.0. The van der Waals surface area contributed by atoms with Crippen molar-refractivity contribution in [2.24, 2.45) is 4.99 Å². The van der Waals surface area contributed by atoms with Crippen LogP contribution in [-0.2, 0) is 6.54 Å². The number of anilines is 1. The summed E-state index contributed by atoms with van der Waals surface area (Å²) in [6.45, 7) is 1.69. The first-order chi connectivity index (χ1) is 15.2. The second-order valence-corrected chi connectivity index (χ2v) is 6.50. The van der Waals surface area contributed by atoms with Gasteiger partial charge in [0.2, 0.25) is 0 Å². The molecule has 0 aliphatic heterocycles. The van der Waals surface area contributed by atoms with Crippen molar-refractivity contribution < 1.29 is 18.7 Å². The number of rotatable bonds is 9. The van der Waals surface area contributed by atoms with E-state index in [4.69, 9.17) is 13.9 Å². The SMILES string of the molecule is CN=C(NCCOc1ccc(OC)cc1)NCc1ccc(NC(=O)c2ccco2)cc1.I. The Labute approximate surface area is 204 Å². The number of benzene rings is 2. The van der Waals surface area contributed by atoms with Crippen LogP contribution in [0.5, 0.6) is 11.5 Å². The molecule has 0 bridgehead atoms. The van der Waals surface area contributed by atoms with E-state index in [9.17, 15) is 4.79 Å². The first-order valence-electron chi connectivity index (χ1n) is 9.83. The Bertz CT molecular complexity index is 974. The molecule has 1 amide bonds. The zero-order valence-corrected chi connectivity index (χ0v) is 20.3. The van der Waals surface area contributed by atoms with Crippen molar-refractivity contribution in [2.75, 3.05) is 32.6 Å². The van der Waals surface area contributed by atoms with Crippen molar-refractivity contribution in [3.05, 3.63) is 78.3 Å². The van der Waals surface area contributed by atoms with E-state index in [1.807, 2.05) is 48.5 Å². The molecule has 0 spiro atoms. The number of halogens is 1. The number of furan rings is 1. The number of nitrogens with one attached hydrogen (secondary N) is 3. The van der Waals surface area contributed by atoms with Gasteiger partial charge < -0.3 is 29.8 Å². The standard InChI is InChI=1S/C23H26N4O4.HI/c1-24-23(25-13-15-30-20-11-9-19(29-2)10-12-20)26-16-17-5-7-18(8-6-17)27-22(28)21-4-3-14-31-21;/h3-12,14H,13,15-16H2,1-2H3,(H,27,28)(H2,24,25,26);1H. The van der Waals surface area contributed by atoms with Gasteiger partial charge >= 0.3 is 0 Å². The molecule has 0 saturated carbocycles. The van der Waals surface area contributed by atoms with E-state index in [1.54, 1.807) is 26.3 Å². The van der Waals surface area contributed by atoms with Crippen LogP contribution in [0, 0.1) is 0 Å². The van der Waals surface area contributed by atoms with Crippen LogP contribution >= 0.6 is 24.0 Å². The van der Waals surface area contributed by atoms with Gasteiger partial charge in [-0.1, -0.05) is 12.1 Å². The molecule has 9 heteroatoms. The lowest BCUT2D eigenvalue weighted by atomic mass is 10.2. The minimum atomic E-state index is -0.280. The Kier molecular flexibility index (Phi) is 10.4. The number of carbonyl (C=O) groups is 1. The zero-order chi connectivity index (χ0) is 21.9. The van der Waals surface area contributed by atoms with Crippen molar-refractivity contribution in [3.8, 4) is 11.5 Å². The van der Waals surface area contributed by atoms with E-state index in [0.29, 0.717) is 31.3 Å². The normalized spacial score (nSPS) is 10.6. The fourth-order valence-corrected chi connectivity index (χ4v) is 2.72. The average molecular weight is 550 g/mol. The molecule has 3 rings (SSSR count). The van der Waals surface area contributed by atoms with Crippen LogP contribution in [0.15, 0.2) is 76.3 Å². The third-order valence-electron chi connectivity index (χ3n) is 4.36. The maximum atomic E-state index is 12.0. The van der Waals surface area contributed by atoms with Crippen molar-refractivity contribution in [2.45, 2.75) is 6.54 Å². The summed E-state index contributed by atoms with van der Waals surface area (Å²) in [5.74, 6) is 2.25. The highest BCUT2D eigenvalue weighted by atomic mass is 127. The van der Waals surface area contributed by atoms with Crippen LogP contribution < -0.4 is 25.4 Å². The molecule has 0 saturated heterocycles. The van der Waals surface area contributed by atoms with E-state index in [2.05, 4.69) is 20.9 Å². The highest BCUT2D eigenvalue weighted by Crippen LogP contribution is 2.16. The summed E-state index contributed by atoms with van der Waals surface area (Å²) in [5, 5.41) is 9.25. The number of amides is 1. The van der Waals surface area contributed by atoms with Crippen molar-refractivity contribution in [3.63, 3.8) is 0 Å². The molecule has 0 aliphatic rings. The molecule has 0 radical (unpaired) electrons. The molecule has 0 aliphatic carbocycles. The lowest BCUT2D eigenvalue weighted by molar-refractivity contribution is 0.0996. The van der Waals surface area contributed by atoms with Gasteiger partial charge in [0.25, 0.3) is 5.91 Å². The van der Waals surface area contributed by atoms with Gasteiger partial charge in [-0.2, -0.15) is 0 Å².